The van der Waals surface area contributed by atoms with Crippen LogP contribution < -0.4 is 20.1 Å². The highest BCUT2D eigenvalue weighted by molar-refractivity contribution is 6.36. The summed E-state index contributed by atoms with van der Waals surface area (Å²) < 4.78 is 10.8. The molecule has 3 amide bonds. The summed E-state index contributed by atoms with van der Waals surface area (Å²) in [5.41, 5.74) is 3.02. The first-order chi connectivity index (χ1) is 16.5. The van der Waals surface area contributed by atoms with Crippen molar-refractivity contribution < 1.29 is 23.9 Å². The number of imide groups is 1. The highest BCUT2D eigenvalue weighted by Crippen LogP contribution is 2.37. The lowest BCUT2D eigenvalue weighted by molar-refractivity contribution is -0.137. The second-order valence-corrected chi connectivity index (χ2v) is 7.88. The molecule has 2 heterocycles. The lowest BCUT2D eigenvalue weighted by Crippen LogP contribution is -2.31. The molecule has 2 N–H and O–H groups in total. The van der Waals surface area contributed by atoms with Crippen LogP contribution in [0.25, 0.3) is 5.57 Å². The zero-order chi connectivity index (χ0) is 23.7. The maximum atomic E-state index is 13.5. The average molecular weight is 455 g/mol. The Bertz CT molecular complexity index is 1320. The van der Waals surface area contributed by atoms with Crippen LogP contribution in [0.5, 0.6) is 11.5 Å². The number of nitrogens with one attached hydrogen (secondary N) is 2. The van der Waals surface area contributed by atoms with Crippen molar-refractivity contribution in [3.8, 4) is 11.5 Å². The largest absolute Gasteiger partial charge is 0.454 e. The molecule has 5 rings (SSSR count). The Hall–Kier alpha value is -4.59. The Morgan fingerprint density at radius 3 is 2.32 bits per heavy atom. The predicted molar refractivity (Wildman–Crippen MR) is 126 cm³/mol. The standard InChI is InChI=1S/C26H21N3O5/c1-16(30)27-19-9-7-18(8-10-19)23-24(28-20-11-12-21-22(13-20)34-15-33-21)26(32)29(25(23)31)14-17-5-3-2-4-6-17/h2-13,28H,14-15H2,1H3,(H,27,30). The van der Waals surface area contributed by atoms with Crippen molar-refractivity contribution in [1.82, 2.24) is 4.90 Å². The van der Waals surface area contributed by atoms with Crippen LogP contribution in [0.4, 0.5) is 11.4 Å². The van der Waals surface area contributed by atoms with Crippen LogP contribution in [-0.4, -0.2) is 29.4 Å². The zero-order valence-corrected chi connectivity index (χ0v) is 18.3. The van der Waals surface area contributed by atoms with Gasteiger partial charge in [-0.15, -0.1) is 0 Å². The van der Waals surface area contributed by atoms with Crippen molar-refractivity contribution in [2.24, 2.45) is 0 Å². The molecule has 0 fully saturated rings. The smallest absolute Gasteiger partial charge is 0.278 e. The van der Waals surface area contributed by atoms with Gasteiger partial charge in [-0.25, -0.2) is 0 Å². The molecule has 0 bridgehead atoms. The van der Waals surface area contributed by atoms with Gasteiger partial charge < -0.3 is 20.1 Å². The molecular formula is C26H21N3O5. The minimum atomic E-state index is -0.424. The number of hydrogen-bond acceptors (Lipinski definition) is 6. The van der Waals surface area contributed by atoms with Gasteiger partial charge in [-0.1, -0.05) is 42.5 Å². The molecular weight excluding hydrogens is 434 g/mol. The first kappa shape index (κ1) is 21.3. The molecule has 0 saturated carbocycles. The summed E-state index contributed by atoms with van der Waals surface area (Å²) in [6, 6.07) is 21.4. The van der Waals surface area contributed by atoms with E-state index in [0.717, 1.165) is 5.56 Å². The summed E-state index contributed by atoms with van der Waals surface area (Å²) in [4.78, 5) is 39.5. The van der Waals surface area contributed by atoms with Gasteiger partial charge >= 0.3 is 0 Å². The SMILES string of the molecule is CC(=O)Nc1ccc(C2=C(Nc3ccc4c(c3)OCO4)C(=O)N(Cc3ccccc3)C2=O)cc1. The van der Waals surface area contributed by atoms with Crippen molar-refractivity contribution in [1.29, 1.82) is 0 Å². The summed E-state index contributed by atoms with van der Waals surface area (Å²) in [6.45, 7) is 1.71. The predicted octanol–water partition coefficient (Wildman–Crippen LogP) is 3.77. The fourth-order valence-electron chi connectivity index (χ4n) is 3.91. The quantitative estimate of drug-likeness (QED) is 0.550. The van der Waals surface area contributed by atoms with Gasteiger partial charge in [0.2, 0.25) is 12.7 Å². The second kappa shape index (κ2) is 8.74. The number of anilines is 2. The van der Waals surface area contributed by atoms with Gasteiger partial charge in [-0.3, -0.25) is 19.3 Å². The number of rotatable bonds is 6. The molecule has 3 aromatic rings. The van der Waals surface area contributed by atoms with Crippen LogP contribution in [0.3, 0.4) is 0 Å². The lowest BCUT2D eigenvalue weighted by atomic mass is 10.0. The molecule has 0 aliphatic carbocycles. The average Bonchev–Trinajstić information content (AvgIpc) is 3.38. The Morgan fingerprint density at radius 1 is 0.882 bits per heavy atom. The molecule has 0 saturated heterocycles. The minimum Gasteiger partial charge on any atom is -0.454 e. The Kier molecular flexibility index (Phi) is 5.47. The van der Waals surface area contributed by atoms with Crippen LogP contribution in [0.15, 0.2) is 78.5 Å². The van der Waals surface area contributed by atoms with E-state index >= 15 is 0 Å². The van der Waals surface area contributed by atoms with Crippen LogP contribution in [-0.2, 0) is 20.9 Å². The van der Waals surface area contributed by atoms with E-state index in [-0.39, 0.29) is 30.5 Å². The summed E-state index contributed by atoms with van der Waals surface area (Å²) in [6.07, 6.45) is 0. The number of ether oxygens (including phenoxy) is 2. The highest BCUT2D eigenvalue weighted by Gasteiger charge is 2.39. The number of amides is 3. The molecule has 0 aromatic heterocycles. The van der Waals surface area contributed by atoms with E-state index in [1.165, 1.54) is 11.8 Å². The van der Waals surface area contributed by atoms with E-state index in [0.29, 0.717) is 28.4 Å². The molecule has 8 nitrogen and oxygen atoms in total. The molecule has 3 aromatic carbocycles. The molecule has 0 unspecified atom stereocenters. The Balaban J connectivity index is 1.51. The third kappa shape index (κ3) is 4.09. The van der Waals surface area contributed by atoms with Gasteiger partial charge in [0.05, 0.1) is 12.1 Å². The summed E-state index contributed by atoms with van der Waals surface area (Å²) in [5, 5.41) is 5.82. The fourth-order valence-corrected chi connectivity index (χ4v) is 3.91. The van der Waals surface area contributed by atoms with Crippen LogP contribution >= 0.6 is 0 Å². The van der Waals surface area contributed by atoms with Crippen LogP contribution in [0, 0.1) is 0 Å². The van der Waals surface area contributed by atoms with E-state index in [4.69, 9.17) is 9.47 Å². The van der Waals surface area contributed by atoms with Gasteiger partial charge in [0.1, 0.15) is 5.70 Å². The van der Waals surface area contributed by atoms with E-state index in [2.05, 4.69) is 10.6 Å². The lowest BCUT2D eigenvalue weighted by Gasteiger charge is -2.15. The van der Waals surface area contributed by atoms with Crippen molar-refractivity contribution in [3.63, 3.8) is 0 Å². The topological polar surface area (TPSA) is 97.0 Å². The number of carbonyl (C=O) groups excluding carboxylic acids is 3. The van der Waals surface area contributed by atoms with Crippen molar-refractivity contribution in [3.05, 3.63) is 89.6 Å². The Morgan fingerprint density at radius 2 is 1.59 bits per heavy atom. The number of nitrogens with zero attached hydrogens (tertiary/aromatic N) is 1. The van der Waals surface area contributed by atoms with Crippen LogP contribution in [0.2, 0.25) is 0 Å². The fraction of sp³-hybridized carbons (Fsp3) is 0.115. The molecule has 0 atom stereocenters. The summed E-state index contributed by atoms with van der Waals surface area (Å²) in [7, 11) is 0. The maximum Gasteiger partial charge on any atom is 0.278 e. The van der Waals surface area contributed by atoms with E-state index in [9.17, 15) is 14.4 Å². The molecule has 2 aliphatic rings. The Labute approximate surface area is 195 Å². The normalized spacial score (nSPS) is 14.6. The van der Waals surface area contributed by atoms with Crippen molar-refractivity contribution in [2.75, 3.05) is 17.4 Å². The molecule has 2 aliphatic heterocycles. The molecule has 34 heavy (non-hydrogen) atoms. The van der Waals surface area contributed by atoms with Gasteiger partial charge in [0.25, 0.3) is 11.8 Å². The van der Waals surface area contributed by atoms with Crippen LogP contribution in [0.1, 0.15) is 18.1 Å². The monoisotopic (exact) mass is 455 g/mol. The first-order valence-electron chi connectivity index (χ1n) is 10.7. The third-order valence-electron chi connectivity index (χ3n) is 5.49. The van der Waals surface area contributed by atoms with Crippen molar-refractivity contribution in [2.45, 2.75) is 13.5 Å². The van der Waals surface area contributed by atoms with Gasteiger partial charge in [-0.05, 0) is 35.4 Å². The number of hydrogen-bond donors (Lipinski definition) is 2. The maximum absolute atomic E-state index is 13.5. The van der Waals surface area contributed by atoms with Crippen molar-refractivity contribution >= 4 is 34.7 Å². The second-order valence-electron chi connectivity index (χ2n) is 7.88. The highest BCUT2D eigenvalue weighted by atomic mass is 16.7. The van der Waals surface area contributed by atoms with Gasteiger partial charge in [0, 0.05) is 24.4 Å². The molecule has 0 spiro atoms. The summed E-state index contributed by atoms with van der Waals surface area (Å²) >= 11 is 0. The molecule has 8 heteroatoms. The zero-order valence-electron chi connectivity index (χ0n) is 18.3. The molecule has 0 radical (unpaired) electrons. The first-order valence-corrected chi connectivity index (χ1v) is 10.7. The number of fused-ring (bicyclic) bond motifs is 1. The molecule has 170 valence electrons. The number of carbonyl (C=O) groups is 3. The minimum absolute atomic E-state index is 0.135. The van der Waals surface area contributed by atoms with Gasteiger partial charge in [0.15, 0.2) is 11.5 Å². The summed E-state index contributed by atoms with van der Waals surface area (Å²) in [5.74, 6) is 0.160. The van der Waals surface area contributed by atoms with E-state index in [1.807, 2.05) is 30.3 Å². The van der Waals surface area contributed by atoms with E-state index in [1.54, 1.807) is 42.5 Å². The van der Waals surface area contributed by atoms with E-state index < -0.39 is 11.8 Å². The number of benzene rings is 3. The van der Waals surface area contributed by atoms with Gasteiger partial charge in [-0.2, -0.15) is 0 Å². The third-order valence-corrected chi connectivity index (χ3v) is 5.49.